The van der Waals surface area contributed by atoms with Gasteiger partial charge in [-0.3, -0.25) is 4.79 Å². The Morgan fingerprint density at radius 2 is 2.05 bits per heavy atom. The lowest BCUT2D eigenvalue weighted by Gasteiger charge is -2.26. The van der Waals surface area contributed by atoms with Gasteiger partial charge < -0.3 is 10.6 Å². The summed E-state index contributed by atoms with van der Waals surface area (Å²) in [5.74, 6) is 1.63. The molecule has 1 saturated carbocycles. The van der Waals surface area contributed by atoms with Crippen LogP contribution in [0.2, 0.25) is 0 Å². The second-order valence-corrected chi connectivity index (χ2v) is 5.68. The van der Waals surface area contributed by atoms with Gasteiger partial charge in [-0.25, -0.2) is 0 Å². The van der Waals surface area contributed by atoms with E-state index in [9.17, 15) is 4.79 Å². The molecule has 0 saturated heterocycles. The molecule has 0 aliphatic heterocycles. The quantitative estimate of drug-likeness (QED) is 0.854. The van der Waals surface area contributed by atoms with Crippen molar-refractivity contribution in [3.05, 3.63) is 30.3 Å². The molecule has 3 heteroatoms. The van der Waals surface area contributed by atoms with Crippen molar-refractivity contribution in [3.8, 4) is 0 Å². The Morgan fingerprint density at radius 3 is 2.79 bits per heavy atom. The van der Waals surface area contributed by atoms with Crippen LogP contribution in [0.5, 0.6) is 0 Å². The summed E-state index contributed by atoms with van der Waals surface area (Å²) in [6.45, 7) is 3.70. The second-order valence-electron chi connectivity index (χ2n) is 5.68. The maximum absolute atomic E-state index is 11.7. The van der Waals surface area contributed by atoms with Crippen LogP contribution >= 0.6 is 0 Å². The number of carbonyl (C=O) groups excluding carboxylic acids is 1. The fraction of sp³-hybridized carbons (Fsp3) is 0.562. The fourth-order valence-corrected chi connectivity index (χ4v) is 2.86. The summed E-state index contributed by atoms with van der Waals surface area (Å²) in [6, 6.07) is 9.60. The minimum Gasteiger partial charge on any atom is -0.325 e. The normalized spacial score (nSPS) is 23.0. The van der Waals surface area contributed by atoms with Gasteiger partial charge in [-0.1, -0.05) is 38.0 Å². The zero-order valence-electron chi connectivity index (χ0n) is 11.7. The van der Waals surface area contributed by atoms with Gasteiger partial charge in [0.05, 0.1) is 6.54 Å². The predicted octanol–water partition coefficient (Wildman–Crippen LogP) is 3.04. The lowest BCUT2D eigenvalue weighted by atomic mass is 9.82. The number of anilines is 1. The summed E-state index contributed by atoms with van der Waals surface area (Å²) in [6.07, 6.45) is 5.31. The van der Waals surface area contributed by atoms with Crippen molar-refractivity contribution in [1.82, 2.24) is 5.32 Å². The average Bonchev–Trinajstić information content (AvgIpc) is 2.40. The van der Waals surface area contributed by atoms with Gasteiger partial charge in [0, 0.05) is 5.69 Å². The number of carbonyl (C=O) groups is 1. The van der Waals surface area contributed by atoms with E-state index < -0.39 is 0 Å². The summed E-state index contributed by atoms with van der Waals surface area (Å²) in [4.78, 5) is 11.7. The summed E-state index contributed by atoms with van der Waals surface area (Å²) in [7, 11) is 0. The van der Waals surface area contributed by atoms with Crippen LogP contribution in [-0.4, -0.2) is 19.0 Å². The first-order valence-corrected chi connectivity index (χ1v) is 7.29. The molecule has 19 heavy (non-hydrogen) atoms. The van der Waals surface area contributed by atoms with Gasteiger partial charge in [-0.15, -0.1) is 0 Å². The molecule has 0 heterocycles. The van der Waals surface area contributed by atoms with Gasteiger partial charge >= 0.3 is 0 Å². The minimum atomic E-state index is 0.0371. The highest BCUT2D eigenvalue weighted by atomic mass is 16.1. The molecule has 0 spiro atoms. The second kappa shape index (κ2) is 7.29. The van der Waals surface area contributed by atoms with Gasteiger partial charge in [0.1, 0.15) is 0 Å². The van der Waals surface area contributed by atoms with E-state index in [1.54, 1.807) is 0 Å². The lowest BCUT2D eigenvalue weighted by Crippen LogP contribution is -2.33. The molecule has 1 amide bonds. The number of hydrogen-bond acceptors (Lipinski definition) is 2. The molecule has 2 atom stereocenters. The molecule has 0 bridgehead atoms. The molecule has 104 valence electrons. The molecule has 1 aliphatic rings. The van der Waals surface area contributed by atoms with E-state index in [-0.39, 0.29) is 5.91 Å². The van der Waals surface area contributed by atoms with Crippen molar-refractivity contribution in [2.24, 2.45) is 11.8 Å². The van der Waals surface area contributed by atoms with Crippen LogP contribution in [0.1, 0.15) is 32.6 Å². The van der Waals surface area contributed by atoms with E-state index in [2.05, 4.69) is 17.6 Å². The molecule has 3 nitrogen and oxygen atoms in total. The standard InChI is InChI=1S/C16H24N2O/c1-13-6-5-7-14(10-13)11-17-12-16(19)18-15-8-3-2-4-9-15/h2-4,8-9,13-14,17H,5-7,10-12H2,1H3,(H,18,19). The van der Waals surface area contributed by atoms with E-state index in [1.807, 2.05) is 30.3 Å². The molecule has 1 aromatic rings. The van der Waals surface area contributed by atoms with Gasteiger partial charge in [-0.2, -0.15) is 0 Å². The van der Waals surface area contributed by atoms with E-state index in [0.29, 0.717) is 6.54 Å². The molecule has 2 rings (SSSR count). The Balaban J connectivity index is 1.64. The monoisotopic (exact) mass is 260 g/mol. The van der Waals surface area contributed by atoms with E-state index in [0.717, 1.165) is 24.1 Å². The largest absolute Gasteiger partial charge is 0.325 e. The highest BCUT2D eigenvalue weighted by molar-refractivity contribution is 5.92. The third kappa shape index (κ3) is 5.03. The molecule has 1 fully saturated rings. The number of hydrogen-bond donors (Lipinski definition) is 2. The SMILES string of the molecule is CC1CCCC(CNCC(=O)Nc2ccccc2)C1. The van der Waals surface area contributed by atoms with Crippen LogP contribution in [0.4, 0.5) is 5.69 Å². The van der Waals surface area contributed by atoms with Crippen LogP contribution < -0.4 is 10.6 Å². The predicted molar refractivity (Wildman–Crippen MR) is 79.1 cm³/mol. The van der Waals surface area contributed by atoms with Crippen molar-refractivity contribution in [2.75, 3.05) is 18.4 Å². The first-order valence-electron chi connectivity index (χ1n) is 7.29. The maximum atomic E-state index is 11.7. The summed E-state index contributed by atoms with van der Waals surface area (Å²) in [5.41, 5.74) is 0.862. The van der Waals surface area contributed by atoms with Gasteiger partial charge in [0.25, 0.3) is 0 Å². The van der Waals surface area contributed by atoms with Crippen LogP contribution in [0, 0.1) is 11.8 Å². The third-order valence-corrected chi connectivity index (χ3v) is 3.82. The summed E-state index contributed by atoms with van der Waals surface area (Å²) in [5, 5.41) is 6.17. The molecule has 2 unspecified atom stereocenters. The minimum absolute atomic E-state index is 0.0371. The van der Waals surface area contributed by atoms with Crippen LogP contribution in [-0.2, 0) is 4.79 Å². The number of rotatable bonds is 5. The topological polar surface area (TPSA) is 41.1 Å². The average molecular weight is 260 g/mol. The lowest BCUT2D eigenvalue weighted by molar-refractivity contribution is -0.115. The number of benzene rings is 1. The van der Waals surface area contributed by atoms with Crippen molar-refractivity contribution < 1.29 is 4.79 Å². The number of para-hydroxylation sites is 1. The molecule has 0 radical (unpaired) electrons. The van der Waals surface area contributed by atoms with E-state index in [4.69, 9.17) is 0 Å². The van der Waals surface area contributed by atoms with Crippen molar-refractivity contribution >= 4 is 11.6 Å². The Kier molecular flexibility index (Phi) is 5.40. The van der Waals surface area contributed by atoms with E-state index in [1.165, 1.54) is 25.7 Å². The zero-order chi connectivity index (χ0) is 13.5. The maximum Gasteiger partial charge on any atom is 0.238 e. The molecule has 2 N–H and O–H groups in total. The fourth-order valence-electron chi connectivity index (χ4n) is 2.86. The third-order valence-electron chi connectivity index (χ3n) is 3.82. The molecular formula is C16H24N2O. The summed E-state index contributed by atoms with van der Waals surface area (Å²) >= 11 is 0. The smallest absolute Gasteiger partial charge is 0.238 e. The summed E-state index contributed by atoms with van der Waals surface area (Å²) < 4.78 is 0. The van der Waals surface area contributed by atoms with Crippen LogP contribution in [0.25, 0.3) is 0 Å². The van der Waals surface area contributed by atoms with Gasteiger partial charge in [0.15, 0.2) is 0 Å². The highest BCUT2D eigenvalue weighted by Gasteiger charge is 2.18. The van der Waals surface area contributed by atoms with Gasteiger partial charge in [0.2, 0.25) is 5.91 Å². The zero-order valence-corrected chi connectivity index (χ0v) is 11.7. The Morgan fingerprint density at radius 1 is 1.26 bits per heavy atom. The highest BCUT2D eigenvalue weighted by Crippen LogP contribution is 2.27. The molecule has 0 aromatic heterocycles. The van der Waals surface area contributed by atoms with Crippen molar-refractivity contribution in [2.45, 2.75) is 32.6 Å². The van der Waals surface area contributed by atoms with Gasteiger partial charge in [-0.05, 0) is 43.4 Å². The first kappa shape index (κ1) is 14.1. The molecule has 1 aliphatic carbocycles. The van der Waals surface area contributed by atoms with E-state index >= 15 is 0 Å². The Bertz CT molecular complexity index is 391. The van der Waals surface area contributed by atoms with Crippen LogP contribution in [0.15, 0.2) is 30.3 Å². The Hall–Kier alpha value is -1.35. The van der Waals surface area contributed by atoms with Crippen LogP contribution in [0.3, 0.4) is 0 Å². The number of amides is 1. The Labute approximate surface area is 115 Å². The van der Waals surface area contributed by atoms with Crippen molar-refractivity contribution in [1.29, 1.82) is 0 Å². The van der Waals surface area contributed by atoms with Crippen molar-refractivity contribution in [3.63, 3.8) is 0 Å². The number of nitrogens with one attached hydrogen (secondary N) is 2. The first-order chi connectivity index (χ1) is 9.24. The molecular weight excluding hydrogens is 236 g/mol. The molecule has 1 aromatic carbocycles.